The molecule has 2 N–H and O–H groups in total. The molecule has 1 heterocycles. The van der Waals surface area contributed by atoms with Gasteiger partial charge in [0.2, 0.25) is 0 Å². The number of carboxylic acid groups (broad SMARTS) is 1. The predicted octanol–water partition coefficient (Wildman–Crippen LogP) is 1.01. The summed E-state index contributed by atoms with van der Waals surface area (Å²) >= 11 is 0. The van der Waals surface area contributed by atoms with Gasteiger partial charge in [-0.25, -0.2) is 0 Å². The Morgan fingerprint density at radius 2 is 2.43 bits per heavy atom. The van der Waals surface area contributed by atoms with Crippen LogP contribution in [-0.4, -0.2) is 36.4 Å². The highest BCUT2D eigenvalue weighted by Gasteiger charge is 2.36. The SMILES string of the molecule is CCC1CC(CC(=O)O)(NC)CCO1. The first-order valence-electron chi connectivity index (χ1n) is 5.14. The number of carbonyl (C=O) groups is 1. The zero-order valence-corrected chi connectivity index (χ0v) is 8.88. The van der Waals surface area contributed by atoms with Crippen molar-refractivity contribution < 1.29 is 14.6 Å². The van der Waals surface area contributed by atoms with Gasteiger partial charge < -0.3 is 15.2 Å². The fourth-order valence-corrected chi connectivity index (χ4v) is 2.05. The summed E-state index contributed by atoms with van der Waals surface area (Å²) in [5, 5.41) is 12.0. The van der Waals surface area contributed by atoms with E-state index in [0.717, 1.165) is 19.3 Å². The van der Waals surface area contributed by atoms with Crippen LogP contribution < -0.4 is 5.32 Å². The minimum atomic E-state index is -0.740. The minimum Gasteiger partial charge on any atom is -0.481 e. The quantitative estimate of drug-likeness (QED) is 0.712. The Labute approximate surface area is 84.6 Å². The standard InChI is InChI=1S/C10H19NO3/c1-3-8-6-10(11-2,4-5-14-8)7-9(12)13/h8,11H,3-7H2,1-2H3,(H,12,13). The second-order valence-electron chi connectivity index (χ2n) is 3.96. The van der Waals surface area contributed by atoms with Gasteiger partial charge in [-0.2, -0.15) is 0 Å². The molecule has 0 aliphatic carbocycles. The van der Waals surface area contributed by atoms with Crippen molar-refractivity contribution in [2.24, 2.45) is 0 Å². The Bertz CT molecular complexity index is 208. The maximum Gasteiger partial charge on any atom is 0.305 e. The molecule has 1 aliphatic rings. The summed E-state index contributed by atoms with van der Waals surface area (Å²) in [6.45, 7) is 2.73. The van der Waals surface area contributed by atoms with E-state index in [4.69, 9.17) is 9.84 Å². The van der Waals surface area contributed by atoms with E-state index in [9.17, 15) is 4.79 Å². The highest BCUT2D eigenvalue weighted by Crippen LogP contribution is 2.29. The summed E-state index contributed by atoms with van der Waals surface area (Å²) in [5.41, 5.74) is -0.259. The van der Waals surface area contributed by atoms with Gasteiger partial charge in [-0.05, 0) is 26.3 Å². The van der Waals surface area contributed by atoms with Crippen LogP contribution in [0.3, 0.4) is 0 Å². The van der Waals surface area contributed by atoms with Crippen molar-refractivity contribution in [1.29, 1.82) is 0 Å². The summed E-state index contributed by atoms with van der Waals surface area (Å²) in [5.74, 6) is -0.740. The summed E-state index contributed by atoms with van der Waals surface area (Å²) in [4.78, 5) is 10.7. The molecule has 1 saturated heterocycles. The van der Waals surface area contributed by atoms with E-state index in [-0.39, 0.29) is 18.1 Å². The topological polar surface area (TPSA) is 58.6 Å². The van der Waals surface area contributed by atoms with Crippen LogP contribution in [0.25, 0.3) is 0 Å². The van der Waals surface area contributed by atoms with Gasteiger partial charge >= 0.3 is 5.97 Å². The summed E-state index contributed by atoms with van der Waals surface area (Å²) in [6.07, 6.45) is 2.92. The van der Waals surface area contributed by atoms with Crippen molar-refractivity contribution in [2.75, 3.05) is 13.7 Å². The average molecular weight is 201 g/mol. The molecule has 2 unspecified atom stereocenters. The van der Waals surface area contributed by atoms with Crippen LogP contribution in [0.1, 0.15) is 32.6 Å². The molecule has 0 aromatic rings. The highest BCUT2D eigenvalue weighted by atomic mass is 16.5. The molecule has 4 heteroatoms. The van der Waals surface area contributed by atoms with Gasteiger partial charge in [0.25, 0.3) is 0 Å². The lowest BCUT2D eigenvalue weighted by molar-refractivity contribution is -0.140. The molecule has 0 bridgehead atoms. The first-order valence-corrected chi connectivity index (χ1v) is 5.14. The molecule has 4 nitrogen and oxygen atoms in total. The second-order valence-corrected chi connectivity index (χ2v) is 3.96. The molecule has 1 fully saturated rings. The summed E-state index contributed by atoms with van der Waals surface area (Å²) in [6, 6.07) is 0. The summed E-state index contributed by atoms with van der Waals surface area (Å²) in [7, 11) is 1.83. The van der Waals surface area contributed by atoms with E-state index in [1.807, 2.05) is 7.05 Å². The third-order valence-electron chi connectivity index (χ3n) is 3.03. The number of nitrogens with one attached hydrogen (secondary N) is 1. The monoisotopic (exact) mass is 201 g/mol. The molecular formula is C10H19NO3. The molecule has 2 atom stereocenters. The van der Waals surface area contributed by atoms with E-state index in [1.54, 1.807) is 0 Å². The molecule has 14 heavy (non-hydrogen) atoms. The predicted molar refractivity (Wildman–Crippen MR) is 53.3 cm³/mol. The van der Waals surface area contributed by atoms with Gasteiger partial charge in [0, 0.05) is 12.1 Å². The van der Waals surface area contributed by atoms with Crippen molar-refractivity contribution in [3.05, 3.63) is 0 Å². The maximum atomic E-state index is 10.7. The molecule has 1 aliphatic heterocycles. The van der Waals surface area contributed by atoms with Crippen LogP contribution in [0.2, 0.25) is 0 Å². The largest absolute Gasteiger partial charge is 0.481 e. The van der Waals surface area contributed by atoms with Crippen molar-refractivity contribution in [2.45, 2.75) is 44.2 Å². The van der Waals surface area contributed by atoms with Gasteiger partial charge in [-0.3, -0.25) is 4.79 Å². The second kappa shape index (κ2) is 4.75. The molecule has 82 valence electrons. The Kier molecular flexibility index (Phi) is 3.89. The fraction of sp³-hybridized carbons (Fsp3) is 0.900. The highest BCUT2D eigenvalue weighted by molar-refractivity contribution is 5.68. The van der Waals surface area contributed by atoms with Crippen LogP contribution in [0.5, 0.6) is 0 Å². The Morgan fingerprint density at radius 3 is 2.93 bits per heavy atom. The van der Waals surface area contributed by atoms with E-state index >= 15 is 0 Å². The third-order valence-corrected chi connectivity index (χ3v) is 3.03. The van der Waals surface area contributed by atoms with Gasteiger partial charge in [-0.1, -0.05) is 6.92 Å². The molecule has 0 amide bonds. The Hall–Kier alpha value is -0.610. The minimum absolute atomic E-state index is 0.184. The Balaban J connectivity index is 2.62. The smallest absolute Gasteiger partial charge is 0.305 e. The molecule has 0 spiro atoms. The van der Waals surface area contributed by atoms with Crippen LogP contribution in [0.15, 0.2) is 0 Å². The fourth-order valence-electron chi connectivity index (χ4n) is 2.05. The lowest BCUT2D eigenvalue weighted by atomic mass is 9.83. The van der Waals surface area contributed by atoms with Crippen molar-refractivity contribution in [3.63, 3.8) is 0 Å². The number of rotatable bonds is 4. The average Bonchev–Trinajstić information content (AvgIpc) is 2.17. The molecule has 0 aromatic carbocycles. The number of carboxylic acids is 1. The molecule has 0 saturated carbocycles. The molecule has 1 rings (SSSR count). The number of hydrogen-bond donors (Lipinski definition) is 2. The van der Waals surface area contributed by atoms with Crippen LogP contribution in [0, 0.1) is 0 Å². The van der Waals surface area contributed by atoms with Crippen molar-refractivity contribution in [3.8, 4) is 0 Å². The van der Waals surface area contributed by atoms with Gasteiger partial charge in [0.15, 0.2) is 0 Å². The third kappa shape index (κ3) is 2.69. The number of ether oxygens (including phenoxy) is 1. The zero-order chi connectivity index (χ0) is 10.6. The van der Waals surface area contributed by atoms with Gasteiger partial charge in [-0.15, -0.1) is 0 Å². The van der Waals surface area contributed by atoms with Gasteiger partial charge in [0.05, 0.1) is 12.5 Å². The number of hydrogen-bond acceptors (Lipinski definition) is 3. The van der Waals surface area contributed by atoms with Crippen molar-refractivity contribution in [1.82, 2.24) is 5.32 Å². The first-order chi connectivity index (χ1) is 6.62. The lowest BCUT2D eigenvalue weighted by Crippen LogP contribution is -2.51. The van der Waals surface area contributed by atoms with E-state index < -0.39 is 5.97 Å². The van der Waals surface area contributed by atoms with E-state index in [0.29, 0.717) is 6.61 Å². The van der Waals surface area contributed by atoms with Crippen LogP contribution in [0.4, 0.5) is 0 Å². The Morgan fingerprint density at radius 1 is 1.71 bits per heavy atom. The molecule has 0 aromatic heterocycles. The molecule has 0 radical (unpaired) electrons. The van der Waals surface area contributed by atoms with E-state index in [1.165, 1.54) is 0 Å². The first kappa shape index (κ1) is 11.5. The van der Waals surface area contributed by atoms with Crippen LogP contribution in [-0.2, 0) is 9.53 Å². The van der Waals surface area contributed by atoms with E-state index in [2.05, 4.69) is 12.2 Å². The number of aliphatic carboxylic acids is 1. The van der Waals surface area contributed by atoms with Crippen LogP contribution >= 0.6 is 0 Å². The maximum absolute atomic E-state index is 10.7. The van der Waals surface area contributed by atoms with Crippen molar-refractivity contribution >= 4 is 5.97 Å². The lowest BCUT2D eigenvalue weighted by Gasteiger charge is -2.39. The molecular weight excluding hydrogens is 182 g/mol. The summed E-state index contributed by atoms with van der Waals surface area (Å²) < 4.78 is 5.53. The van der Waals surface area contributed by atoms with Gasteiger partial charge in [0.1, 0.15) is 0 Å². The normalized spacial score (nSPS) is 32.9. The zero-order valence-electron chi connectivity index (χ0n) is 8.88.